The maximum absolute atomic E-state index is 14.0. The summed E-state index contributed by atoms with van der Waals surface area (Å²) < 4.78 is 17.0. The van der Waals surface area contributed by atoms with Crippen LogP contribution in [-0.2, 0) is 23.5 Å². The molecule has 0 aromatic heterocycles. The van der Waals surface area contributed by atoms with Gasteiger partial charge in [0.25, 0.3) is 0 Å². The van der Waals surface area contributed by atoms with E-state index in [2.05, 4.69) is 47.7 Å². The molecule has 40 heavy (non-hydrogen) atoms. The number of carbonyl (C=O) groups is 3. The van der Waals surface area contributed by atoms with E-state index in [1.165, 1.54) is 0 Å². The van der Waals surface area contributed by atoms with Crippen LogP contribution in [0.2, 0.25) is 18.1 Å². The zero-order valence-corrected chi connectivity index (χ0v) is 27.9. The molecule has 4 aliphatic carbocycles. The standard InChI is InChI=1S/C33H56O6Si/c1-20(2)19-37-30(36)38-29(35)21(3)24-11-12-25-28-26(14-16-33(24,25)8)32(7)15-13-23(17-22(32)18-27(28)34)39-40(9,10)31(4,5)6/h20-26,28H,11-19H2,1-10H3/t21-,22?,23?,24?,25-,26-,28-,32?,33?/m0/s1. The lowest BCUT2D eigenvalue weighted by Gasteiger charge is -2.60. The quantitative estimate of drug-likeness (QED) is 0.180. The van der Waals surface area contributed by atoms with Crippen molar-refractivity contribution >= 4 is 26.2 Å². The summed E-state index contributed by atoms with van der Waals surface area (Å²) in [6, 6.07) is 0. The molecule has 5 unspecified atom stereocenters. The number of rotatable bonds is 6. The van der Waals surface area contributed by atoms with Gasteiger partial charge in [0, 0.05) is 18.4 Å². The molecule has 0 bridgehead atoms. The summed E-state index contributed by atoms with van der Waals surface area (Å²) in [4.78, 5) is 39.0. The molecule has 4 fully saturated rings. The Hall–Kier alpha value is -1.21. The van der Waals surface area contributed by atoms with Gasteiger partial charge in [-0.25, -0.2) is 4.79 Å². The van der Waals surface area contributed by atoms with E-state index in [0.717, 1.165) is 44.9 Å². The maximum Gasteiger partial charge on any atom is 0.516 e. The zero-order chi connectivity index (χ0) is 29.8. The van der Waals surface area contributed by atoms with E-state index >= 15 is 0 Å². The van der Waals surface area contributed by atoms with Crippen LogP contribution >= 0.6 is 0 Å². The molecule has 228 valence electrons. The van der Waals surface area contributed by atoms with Crippen LogP contribution in [0.1, 0.15) is 107 Å². The van der Waals surface area contributed by atoms with E-state index in [-0.39, 0.29) is 46.3 Å². The molecule has 9 atom stereocenters. The smallest absolute Gasteiger partial charge is 0.434 e. The number of Topliss-reactive ketones (excluding diaryl/α,β-unsaturated/α-hetero) is 1. The predicted molar refractivity (Wildman–Crippen MR) is 159 cm³/mol. The van der Waals surface area contributed by atoms with Crippen LogP contribution in [0.25, 0.3) is 0 Å². The molecule has 0 amide bonds. The highest BCUT2D eigenvalue weighted by molar-refractivity contribution is 6.74. The van der Waals surface area contributed by atoms with Crippen molar-refractivity contribution in [2.45, 2.75) is 131 Å². The minimum Gasteiger partial charge on any atom is -0.434 e. The first-order valence-electron chi connectivity index (χ1n) is 16.0. The van der Waals surface area contributed by atoms with Crippen LogP contribution in [0.3, 0.4) is 0 Å². The molecule has 0 spiro atoms. The summed E-state index contributed by atoms with van der Waals surface area (Å²) in [6.45, 7) is 22.4. The van der Waals surface area contributed by atoms with E-state index in [1.54, 1.807) is 0 Å². The Morgan fingerprint density at radius 3 is 2.23 bits per heavy atom. The summed E-state index contributed by atoms with van der Waals surface area (Å²) in [5, 5.41) is 0.187. The van der Waals surface area contributed by atoms with E-state index < -0.39 is 26.4 Å². The largest absolute Gasteiger partial charge is 0.516 e. The summed E-state index contributed by atoms with van der Waals surface area (Å²) in [5.74, 6) is 1.04. The second-order valence-corrected chi connectivity index (χ2v) is 21.0. The topological polar surface area (TPSA) is 78.9 Å². The Labute approximate surface area is 244 Å². The number of hydrogen-bond acceptors (Lipinski definition) is 6. The van der Waals surface area contributed by atoms with Gasteiger partial charge in [0.15, 0.2) is 8.32 Å². The molecule has 4 rings (SSSR count). The SMILES string of the molecule is CC(C)COC(=O)OC(=O)[C@@H](C)C1CC[C@H]2[C@@H]3C(=O)CC4CC(O[Si](C)(C)C(C)(C)C)CCC4(C)[C@H]3CCC12C. The van der Waals surface area contributed by atoms with Crippen molar-refractivity contribution in [2.75, 3.05) is 6.61 Å². The molecule has 4 aliphatic rings. The third kappa shape index (κ3) is 5.72. The highest BCUT2D eigenvalue weighted by atomic mass is 28.4. The molecular formula is C33H56O6Si. The number of ketones is 1. The molecule has 0 N–H and O–H groups in total. The first-order valence-corrected chi connectivity index (χ1v) is 18.9. The Morgan fingerprint density at radius 2 is 1.60 bits per heavy atom. The molecule has 0 radical (unpaired) electrons. The van der Waals surface area contributed by atoms with Gasteiger partial charge < -0.3 is 13.9 Å². The first-order chi connectivity index (χ1) is 18.4. The van der Waals surface area contributed by atoms with Crippen molar-refractivity contribution in [3.63, 3.8) is 0 Å². The van der Waals surface area contributed by atoms with Crippen LogP contribution < -0.4 is 0 Å². The van der Waals surface area contributed by atoms with Gasteiger partial charge >= 0.3 is 12.1 Å². The van der Waals surface area contributed by atoms with Crippen LogP contribution in [0.5, 0.6) is 0 Å². The number of hydrogen-bond donors (Lipinski definition) is 0. The number of fused-ring (bicyclic) bond motifs is 5. The van der Waals surface area contributed by atoms with Gasteiger partial charge in [-0.1, -0.05) is 55.4 Å². The van der Waals surface area contributed by atoms with Crippen molar-refractivity contribution in [3.05, 3.63) is 0 Å². The van der Waals surface area contributed by atoms with Gasteiger partial charge in [-0.3, -0.25) is 9.59 Å². The van der Waals surface area contributed by atoms with Crippen molar-refractivity contribution in [1.29, 1.82) is 0 Å². The van der Waals surface area contributed by atoms with E-state index in [9.17, 15) is 14.4 Å². The second kappa shape index (κ2) is 11.1. The molecule has 0 heterocycles. The van der Waals surface area contributed by atoms with Crippen LogP contribution in [-0.4, -0.2) is 38.9 Å². The molecule has 6 nitrogen and oxygen atoms in total. The normalized spacial score (nSPS) is 38.7. The van der Waals surface area contributed by atoms with Gasteiger partial charge in [0.05, 0.1) is 12.5 Å². The fourth-order valence-electron chi connectivity index (χ4n) is 9.06. The monoisotopic (exact) mass is 576 g/mol. The summed E-state index contributed by atoms with van der Waals surface area (Å²) >= 11 is 0. The fraction of sp³-hybridized carbons (Fsp3) is 0.909. The fourth-order valence-corrected chi connectivity index (χ4v) is 10.5. The third-order valence-corrected chi connectivity index (χ3v) is 17.0. The van der Waals surface area contributed by atoms with Gasteiger partial charge in [-0.05, 0) is 103 Å². The second-order valence-electron chi connectivity index (χ2n) is 16.3. The van der Waals surface area contributed by atoms with E-state index in [4.69, 9.17) is 13.9 Å². The van der Waals surface area contributed by atoms with E-state index in [1.807, 2.05) is 20.8 Å². The zero-order valence-electron chi connectivity index (χ0n) is 26.9. The Kier molecular flexibility index (Phi) is 8.82. The molecule has 7 heteroatoms. The summed E-state index contributed by atoms with van der Waals surface area (Å²) in [6.07, 6.45) is 7.23. The van der Waals surface area contributed by atoms with Crippen molar-refractivity contribution < 1.29 is 28.3 Å². The molecule has 0 saturated heterocycles. The summed E-state index contributed by atoms with van der Waals surface area (Å²) in [5.41, 5.74) is 0.0823. The summed E-state index contributed by atoms with van der Waals surface area (Å²) in [7, 11) is -1.85. The highest BCUT2D eigenvalue weighted by Gasteiger charge is 2.64. The van der Waals surface area contributed by atoms with Crippen LogP contribution in [0.4, 0.5) is 4.79 Å². The number of esters is 1. The van der Waals surface area contributed by atoms with Crippen molar-refractivity contribution in [1.82, 2.24) is 0 Å². The van der Waals surface area contributed by atoms with Gasteiger partial charge in [0.1, 0.15) is 5.78 Å². The molecular weight excluding hydrogens is 520 g/mol. The highest BCUT2D eigenvalue weighted by Crippen LogP contribution is 2.67. The number of carbonyl (C=O) groups excluding carboxylic acids is 3. The van der Waals surface area contributed by atoms with Crippen LogP contribution in [0, 0.1) is 52.3 Å². The molecule has 4 saturated carbocycles. The minimum absolute atomic E-state index is 0.0853. The van der Waals surface area contributed by atoms with Crippen molar-refractivity contribution in [2.24, 2.45) is 52.3 Å². The van der Waals surface area contributed by atoms with Crippen molar-refractivity contribution in [3.8, 4) is 0 Å². The van der Waals surface area contributed by atoms with Gasteiger partial charge in [-0.15, -0.1) is 0 Å². The van der Waals surface area contributed by atoms with E-state index in [0.29, 0.717) is 30.0 Å². The molecule has 0 aromatic rings. The lowest BCUT2D eigenvalue weighted by Crippen LogP contribution is -2.58. The molecule has 0 aliphatic heterocycles. The van der Waals surface area contributed by atoms with Crippen LogP contribution in [0.15, 0.2) is 0 Å². The Bertz CT molecular complexity index is 984. The predicted octanol–water partition coefficient (Wildman–Crippen LogP) is 8.19. The lowest BCUT2D eigenvalue weighted by atomic mass is 9.44. The van der Waals surface area contributed by atoms with Gasteiger partial charge in [-0.2, -0.15) is 0 Å². The average molecular weight is 577 g/mol. The van der Waals surface area contributed by atoms with Gasteiger partial charge in [0.2, 0.25) is 0 Å². The Morgan fingerprint density at radius 1 is 0.975 bits per heavy atom. The maximum atomic E-state index is 14.0. The third-order valence-electron chi connectivity index (χ3n) is 12.5. The first kappa shape index (κ1) is 31.7. The average Bonchev–Trinajstić information content (AvgIpc) is 3.19. The number of ether oxygens (including phenoxy) is 2. The minimum atomic E-state index is -1.85. The Balaban J connectivity index is 1.45. The lowest BCUT2D eigenvalue weighted by molar-refractivity contribution is -0.162. The molecule has 0 aromatic carbocycles.